The minimum absolute atomic E-state index is 0.645. The fourth-order valence-electron chi connectivity index (χ4n) is 1.82. The van der Waals surface area contributed by atoms with E-state index >= 15 is 0 Å². The lowest BCUT2D eigenvalue weighted by Gasteiger charge is -2.04. The lowest BCUT2D eigenvalue weighted by atomic mass is 10.2. The van der Waals surface area contributed by atoms with Crippen molar-refractivity contribution in [1.82, 2.24) is 0 Å². The maximum Gasteiger partial charge on any atom is 0.119 e. The Morgan fingerprint density at radius 1 is 1.00 bits per heavy atom. The van der Waals surface area contributed by atoms with Crippen LogP contribution in [0.1, 0.15) is 25.1 Å². The molecule has 1 nitrogen and oxygen atoms in total. The van der Waals surface area contributed by atoms with Crippen LogP contribution >= 0.6 is 11.3 Å². The Morgan fingerprint density at radius 3 is 2.42 bits per heavy atom. The molecule has 0 aliphatic rings. The summed E-state index contributed by atoms with van der Waals surface area (Å²) in [4.78, 5) is 2.76. The van der Waals surface area contributed by atoms with Gasteiger partial charge in [-0.05, 0) is 54.8 Å². The van der Waals surface area contributed by atoms with Crippen molar-refractivity contribution in [3.8, 4) is 16.2 Å². The van der Waals surface area contributed by atoms with E-state index in [0.717, 1.165) is 18.6 Å². The Labute approximate surface area is 119 Å². The van der Waals surface area contributed by atoms with Crippen LogP contribution in [-0.2, 0) is 6.42 Å². The van der Waals surface area contributed by atoms with E-state index in [0.29, 0.717) is 6.61 Å². The first kappa shape index (κ1) is 13.9. The number of thiophene rings is 1. The second-order valence-electron chi connectivity index (χ2n) is 4.33. The third kappa shape index (κ3) is 3.97. The molecule has 100 valence electrons. The van der Waals surface area contributed by atoms with Crippen LogP contribution in [0.5, 0.6) is 5.75 Å². The van der Waals surface area contributed by atoms with Crippen molar-refractivity contribution >= 4 is 11.3 Å². The third-order valence-corrected chi connectivity index (χ3v) is 4.18. The molecule has 1 heterocycles. The van der Waals surface area contributed by atoms with Crippen LogP contribution in [0, 0.1) is 0 Å². The average molecular weight is 272 g/mol. The molecule has 19 heavy (non-hydrogen) atoms. The highest BCUT2D eigenvalue weighted by Gasteiger charge is 2.02. The molecule has 0 radical (unpaired) electrons. The Morgan fingerprint density at radius 2 is 1.79 bits per heavy atom. The highest BCUT2D eigenvalue weighted by molar-refractivity contribution is 7.15. The van der Waals surface area contributed by atoms with E-state index in [1.54, 1.807) is 0 Å². The molecule has 1 aromatic heterocycles. The van der Waals surface area contributed by atoms with Gasteiger partial charge in [0.1, 0.15) is 12.4 Å². The lowest BCUT2D eigenvalue weighted by Crippen LogP contribution is -1.92. The summed E-state index contributed by atoms with van der Waals surface area (Å²) in [5.74, 6) is 0.928. The Bertz CT molecular complexity index is 522. The Balaban J connectivity index is 1.99. The molecule has 0 unspecified atom stereocenters. The van der Waals surface area contributed by atoms with Gasteiger partial charge in [-0.25, -0.2) is 0 Å². The van der Waals surface area contributed by atoms with E-state index in [1.165, 1.54) is 15.3 Å². The van der Waals surface area contributed by atoms with Gasteiger partial charge in [0.2, 0.25) is 0 Å². The van der Waals surface area contributed by atoms with Gasteiger partial charge in [0.15, 0.2) is 0 Å². The highest BCUT2D eigenvalue weighted by atomic mass is 32.1. The first-order chi connectivity index (χ1) is 9.33. The number of hydrogen-bond acceptors (Lipinski definition) is 2. The van der Waals surface area contributed by atoms with E-state index in [2.05, 4.69) is 50.3 Å². The van der Waals surface area contributed by atoms with Crippen molar-refractivity contribution in [3.05, 3.63) is 53.4 Å². The van der Waals surface area contributed by atoms with Crippen LogP contribution in [0.4, 0.5) is 0 Å². The Kier molecular flexibility index (Phi) is 5.22. The maximum atomic E-state index is 5.64. The van der Waals surface area contributed by atoms with E-state index in [9.17, 15) is 0 Å². The van der Waals surface area contributed by atoms with Gasteiger partial charge in [-0.2, -0.15) is 0 Å². The zero-order chi connectivity index (χ0) is 13.5. The predicted octanol–water partition coefficient (Wildman–Crippen LogP) is 5.32. The second kappa shape index (κ2) is 7.15. The molecule has 0 saturated heterocycles. The molecule has 2 aromatic rings. The highest BCUT2D eigenvalue weighted by Crippen LogP contribution is 2.29. The number of aryl methyl sites for hydroxylation is 1. The molecule has 1 aromatic carbocycles. The summed E-state index contributed by atoms with van der Waals surface area (Å²) in [5, 5.41) is 0. The quantitative estimate of drug-likeness (QED) is 0.646. The fourth-order valence-corrected chi connectivity index (χ4v) is 2.77. The summed E-state index contributed by atoms with van der Waals surface area (Å²) >= 11 is 1.86. The van der Waals surface area contributed by atoms with Gasteiger partial charge in [-0.3, -0.25) is 0 Å². The molecule has 0 aliphatic heterocycles. The third-order valence-electron chi connectivity index (χ3n) is 2.90. The molecule has 2 rings (SSSR count). The zero-order valence-electron chi connectivity index (χ0n) is 11.6. The smallest absolute Gasteiger partial charge is 0.119 e. The van der Waals surface area contributed by atoms with Gasteiger partial charge < -0.3 is 4.74 Å². The van der Waals surface area contributed by atoms with E-state index < -0.39 is 0 Å². The predicted molar refractivity (Wildman–Crippen MR) is 84.1 cm³/mol. The average Bonchev–Trinajstić information content (AvgIpc) is 2.93. The monoisotopic (exact) mass is 272 g/mol. The molecular weight excluding hydrogens is 252 g/mol. The summed E-state index contributed by atoms with van der Waals surface area (Å²) < 4.78 is 5.64. The first-order valence-electron chi connectivity index (χ1n) is 6.80. The molecule has 2 heteroatoms. The lowest BCUT2D eigenvalue weighted by molar-refractivity contribution is 0.362. The van der Waals surface area contributed by atoms with Crippen molar-refractivity contribution in [3.63, 3.8) is 0 Å². The molecule has 0 amide bonds. The van der Waals surface area contributed by atoms with Crippen LogP contribution in [-0.4, -0.2) is 6.61 Å². The summed E-state index contributed by atoms with van der Waals surface area (Å²) in [5.41, 5.74) is 1.26. The molecule has 0 bridgehead atoms. The first-order valence-corrected chi connectivity index (χ1v) is 7.62. The fraction of sp³-hybridized carbons (Fsp3) is 0.294. The van der Waals surface area contributed by atoms with Crippen LogP contribution in [0.25, 0.3) is 10.4 Å². The second-order valence-corrected chi connectivity index (χ2v) is 5.50. The minimum Gasteiger partial charge on any atom is -0.490 e. The summed E-state index contributed by atoms with van der Waals surface area (Å²) in [7, 11) is 0. The molecule has 0 N–H and O–H groups in total. The summed E-state index contributed by atoms with van der Waals surface area (Å²) in [6, 6.07) is 12.7. The standard InChI is InChI=1S/C17H20OS/c1-3-5-6-13-18-15-9-7-14(8-10-15)17-12-11-16(4-2)19-17/h5-12H,3-4,13H2,1-2H3/b6-5+. The largest absolute Gasteiger partial charge is 0.490 e. The van der Waals surface area contributed by atoms with Gasteiger partial charge >= 0.3 is 0 Å². The van der Waals surface area contributed by atoms with Crippen molar-refractivity contribution in [2.24, 2.45) is 0 Å². The molecular formula is C17H20OS. The van der Waals surface area contributed by atoms with Gasteiger partial charge in [0.25, 0.3) is 0 Å². The summed E-state index contributed by atoms with van der Waals surface area (Å²) in [6.45, 7) is 4.96. The van der Waals surface area contributed by atoms with Crippen LogP contribution in [0.2, 0.25) is 0 Å². The van der Waals surface area contributed by atoms with E-state index in [-0.39, 0.29) is 0 Å². The van der Waals surface area contributed by atoms with Gasteiger partial charge in [0, 0.05) is 9.75 Å². The van der Waals surface area contributed by atoms with Crippen molar-refractivity contribution in [2.75, 3.05) is 6.61 Å². The van der Waals surface area contributed by atoms with Gasteiger partial charge in [-0.1, -0.05) is 26.0 Å². The molecule has 0 atom stereocenters. The maximum absolute atomic E-state index is 5.64. The van der Waals surface area contributed by atoms with Gasteiger partial charge in [-0.15, -0.1) is 11.3 Å². The van der Waals surface area contributed by atoms with Crippen molar-refractivity contribution in [1.29, 1.82) is 0 Å². The van der Waals surface area contributed by atoms with Crippen LogP contribution in [0.15, 0.2) is 48.6 Å². The SMILES string of the molecule is CC/C=C/COc1ccc(-c2ccc(CC)s2)cc1. The topological polar surface area (TPSA) is 9.23 Å². The summed E-state index contributed by atoms with van der Waals surface area (Å²) in [6.07, 6.45) is 6.34. The zero-order valence-corrected chi connectivity index (χ0v) is 12.4. The molecule has 0 aliphatic carbocycles. The van der Waals surface area contributed by atoms with Crippen LogP contribution in [0.3, 0.4) is 0 Å². The molecule has 0 fully saturated rings. The number of hydrogen-bond donors (Lipinski definition) is 0. The van der Waals surface area contributed by atoms with E-state index in [1.807, 2.05) is 23.5 Å². The number of ether oxygens (including phenoxy) is 1. The number of benzene rings is 1. The number of rotatable bonds is 6. The molecule has 0 saturated carbocycles. The molecule has 0 spiro atoms. The van der Waals surface area contributed by atoms with E-state index in [4.69, 9.17) is 4.74 Å². The van der Waals surface area contributed by atoms with Crippen LogP contribution < -0.4 is 4.74 Å². The van der Waals surface area contributed by atoms with Gasteiger partial charge in [0.05, 0.1) is 0 Å². The van der Waals surface area contributed by atoms with Crippen molar-refractivity contribution < 1.29 is 4.74 Å². The minimum atomic E-state index is 0.645. The van der Waals surface area contributed by atoms with Crippen molar-refractivity contribution in [2.45, 2.75) is 26.7 Å². The Hall–Kier alpha value is -1.54. The normalized spacial score (nSPS) is 11.1. The number of allylic oxidation sites excluding steroid dienone is 1.